The van der Waals surface area contributed by atoms with Crippen molar-refractivity contribution in [2.24, 2.45) is 0 Å². The van der Waals surface area contributed by atoms with Crippen LogP contribution in [0, 0.1) is 13.8 Å². The van der Waals surface area contributed by atoms with Crippen LogP contribution in [0.2, 0.25) is 0 Å². The van der Waals surface area contributed by atoms with Crippen LogP contribution >= 0.6 is 0 Å². The zero-order chi connectivity index (χ0) is 21.6. The first-order chi connectivity index (χ1) is 13.7. The number of aryl methyl sites for hydroxylation is 2. The van der Waals surface area contributed by atoms with Gasteiger partial charge in [-0.1, -0.05) is 37.3 Å². The fraction of sp³-hybridized carbons (Fsp3) is 0.409. The molecule has 2 amide bonds. The van der Waals surface area contributed by atoms with E-state index in [-0.39, 0.29) is 23.6 Å². The van der Waals surface area contributed by atoms with Crippen molar-refractivity contribution in [1.82, 2.24) is 4.90 Å². The van der Waals surface area contributed by atoms with Gasteiger partial charge in [-0.3, -0.25) is 0 Å². The average molecular weight is 419 g/mol. The quantitative estimate of drug-likeness (QED) is 0.621. The van der Waals surface area contributed by atoms with Crippen LogP contribution in [0.15, 0.2) is 42.5 Å². The van der Waals surface area contributed by atoms with Crippen molar-refractivity contribution < 1.29 is 17.4 Å². The van der Waals surface area contributed by atoms with Crippen molar-refractivity contribution in [2.45, 2.75) is 53.6 Å². The molecule has 1 atom stereocenters. The first-order valence-corrected chi connectivity index (χ1v) is 11.4. The summed E-state index contributed by atoms with van der Waals surface area (Å²) in [5, 5.41) is 3.04. The standard InChI is InChI=1S/C22H30N2O4S/c1-6-18(5)24(22(25)23-21-16(3)10-8-11-17(21)4)15-19-12-9-13-20(14-19)28-29(26,27)7-2/h8-14,18H,6-7,15H2,1-5H3,(H,23,25). The summed E-state index contributed by atoms with van der Waals surface area (Å²) in [6, 6.07) is 12.5. The molecule has 1 unspecified atom stereocenters. The molecule has 2 aromatic rings. The summed E-state index contributed by atoms with van der Waals surface area (Å²) in [5.74, 6) is 0.151. The second-order valence-corrected chi connectivity index (χ2v) is 9.02. The van der Waals surface area contributed by atoms with E-state index in [1.807, 2.05) is 52.0 Å². The van der Waals surface area contributed by atoms with E-state index in [4.69, 9.17) is 4.18 Å². The Labute approximate surface area is 174 Å². The first kappa shape index (κ1) is 22.7. The number of nitrogens with zero attached hydrogens (tertiary/aromatic N) is 1. The predicted octanol–water partition coefficient (Wildman–Crippen LogP) is 4.86. The van der Waals surface area contributed by atoms with Gasteiger partial charge in [0.25, 0.3) is 0 Å². The minimum Gasteiger partial charge on any atom is -0.382 e. The summed E-state index contributed by atoms with van der Waals surface area (Å²) in [5.41, 5.74) is 3.62. The van der Waals surface area contributed by atoms with Gasteiger partial charge < -0.3 is 14.4 Å². The van der Waals surface area contributed by atoms with E-state index >= 15 is 0 Å². The molecule has 0 saturated heterocycles. The molecule has 6 nitrogen and oxygen atoms in total. The highest BCUT2D eigenvalue weighted by Crippen LogP contribution is 2.22. The van der Waals surface area contributed by atoms with Crippen LogP contribution in [-0.4, -0.2) is 31.1 Å². The van der Waals surface area contributed by atoms with Gasteiger partial charge in [-0.2, -0.15) is 8.42 Å². The third-order valence-corrected chi connectivity index (χ3v) is 6.08. The SMILES string of the molecule is CCC(C)N(Cc1cccc(OS(=O)(=O)CC)c1)C(=O)Nc1c(C)cccc1C. The molecular weight excluding hydrogens is 388 g/mol. The second-order valence-electron chi connectivity index (χ2n) is 7.16. The maximum atomic E-state index is 13.1. The van der Waals surface area contributed by atoms with Crippen LogP contribution in [0.3, 0.4) is 0 Å². The lowest BCUT2D eigenvalue weighted by Crippen LogP contribution is -2.40. The monoisotopic (exact) mass is 418 g/mol. The topological polar surface area (TPSA) is 75.7 Å². The number of anilines is 1. The number of benzene rings is 2. The van der Waals surface area contributed by atoms with E-state index in [0.717, 1.165) is 28.8 Å². The Kier molecular flexibility index (Phi) is 7.67. The minimum absolute atomic E-state index is 0.00303. The van der Waals surface area contributed by atoms with E-state index in [1.165, 1.54) is 6.92 Å². The number of hydrogen-bond acceptors (Lipinski definition) is 4. The molecule has 0 saturated carbocycles. The van der Waals surface area contributed by atoms with Gasteiger partial charge in [-0.25, -0.2) is 4.79 Å². The summed E-state index contributed by atoms with van der Waals surface area (Å²) >= 11 is 0. The fourth-order valence-electron chi connectivity index (χ4n) is 2.94. The van der Waals surface area contributed by atoms with Crippen molar-refractivity contribution in [3.8, 4) is 5.75 Å². The summed E-state index contributed by atoms with van der Waals surface area (Å²) in [7, 11) is -3.60. The summed E-state index contributed by atoms with van der Waals surface area (Å²) < 4.78 is 28.6. The molecule has 0 fully saturated rings. The van der Waals surface area contributed by atoms with Crippen LogP contribution < -0.4 is 9.50 Å². The number of para-hydroxylation sites is 1. The van der Waals surface area contributed by atoms with Gasteiger partial charge >= 0.3 is 16.1 Å². The maximum Gasteiger partial charge on any atom is 0.322 e. The van der Waals surface area contributed by atoms with Crippen molar-refractivity contribution in [3.63, 3.8) is 0 Å². The van der Waals surface area contributed by atoms with Gasteiger partial charge in [0, 0.05) is 18.3 Å². The molecule has 0 heterocycles. The van der Waals surface area contributed by atoms with Gasteiger partial charge in [0.1, 0.15) is 5.75 Å². The van der Waals surface area contributed by atoms with E-state index in [0.29, 0.717) is 6.54 Å². The summed E-state index contributed by atoms with van der Waals surface area (Å²) in [4.78, 5) is 14.8. The van der Waals surface area contributed by atoms with Gasteiger partial charge in [0.15, 0.2) is 0 Å². The first-order valence-electron chi connectivity index (χ1n) is 9.81. The third kappa shape index (κ3) is 6.22. The van der Waals surface area contributed by atoms with Gasteiger partial charge in [-0.05, 0) is 62.9 Å². The number of carbonyl (C=O) groups excluding carboxylic acids is 1. The zero-order valence-electron chi connectivity index (χ0n) is 17.7. The predicted molar refractivity (Wildman–Crippen MR) is 117 cm³/mol. The maximum absolute atomic E-state index is 13.1. The number of urea groups is 1. The van der Waals surface area contributed by atoms with Crippen molar-refractivity contribution >= 4 is 21.8 Å². The van der Waals surface area contributed by atoms with E-state index in [1.54, 1.807) is 23.1 Å². The average Bonchev–Trinajstić information content (AvgIpc) is 2.68. The molecule has 0 aromatic heterocycles. The highest BCUT2D eigenvalue weighted by Gasteiger charge is 2.21. The third-order valence-electron chi connectivity index (χ3n) is 4.92. The normalized spacial score (nSPS) is 12.3. The Hall–Kier alpha value is -2.54. The second kappa shape index (κ2) is 9.78. The Bertz CT molecular complexity index is 937. The molecule has 0 aliphatic rings. The smallest absolute Gasteiger partial charge is 0.322 e. The van der Waals surface area contributed by atoms with Crippen molar-refractivity contribution in [1.29, 1.82) is 0 Å². The molecule has 29 heavy (non-hydrogen) atoms. The number of amides is 2. The molecule has 158 valence electrons. The highest BCUT2D eigenvalue weighted by molar-refractivity contribution is 7.87. The lowest BCUT2D eigenvalue weighted by molar-refractivity contribution is 0.187. The summed E-state index contributed by atoms with van der Waals surface area (Å²) in [6.07, 6.45) is 0.792. The molecule has 0 radical (unpaired) electrons. The zero-order valence-corrected chi connectivity index (χ0v) is 18.5. The lowest BCUT2D eigenvalue weighted by Gasteiger charge is -2.29. The highest BCUT2D eigenvalue weighted by atomic mass is 32.2. The Balaban J connectivity index is 2.24. The fourth-order valence-corrected chi connectivity index (χ4v) is 3.45. The number of nitrogens with one attached hydrogen (secondary N) is 1. The molecule has 0 aliphatic carbocycles. The molecule has 7 heteroatoms. The van der Waals surface area contributed by atoms with Gasteiger partial charge in [0.05, 0.1) is 5.75 Å². The van der Waals surface area contributed by atoms with E-state index < -0.39 is 10.1 Å². The van der Waals surface area contributed by atoms with Crippen LogP contribution in [0.1, 0.15) is 43.9 Å². The number of carbonyl (C=O) groups is 1. The van der Waals surface area contributed by atoms with Crippen LogP contribution in [0.25, 0.3) is 0 Å². The Morgan fingerprint density at radius 3 is 2.31 bits per heavy atom. The van der Waals surface area contributed by atoms with Gasteiger partial charge in [-0.15, -0.1) is 0 Å². The van der Waals surface area contributed by atoms with Crippen LogP contribution in [0.4, 0.5) is 10.5 Å². The molecular formula is C22H30N2O4S. The Morgan fingerprint density at radius 2 is 1.72 bits per heavy atom. The number of hydrogen-bond donors (Lipinski definition) is 1. The molecule has 0 bridgehead atoms. The molecule has 2 rings (SSSR count). The van der Waals surface area contributed by atoms with Crippen molar-refractivity contribution in [2.75, 3.05) is 11.1 Å². The molecule has 0 aliphatic heterocycles. The molecule has 0 spiro atoms. The molecule has 1 N–H and O–H groups in total. The van der Waals surface area contributed by atoms with Crippen LogP contribution in [0.5, 0.6) is 5.75 Å². The minimum atomic E-state index is -3.60. The number of rotatable bonds is 8. The summed E-state index contributed by atoms with van der Waals surface area (Å²) in [6.45, 7) is 9.82. The van der Waals surface area contributed by atoms with Gasteiger partial charge in [0.2, 0.25) is 0 Å². The van der Waals surface area contributed by atoms with E-state index in [2.05, 4.69) is 5.32 Å². The van der Waals surface area contributed by atoms with Crippen molar-refractivity contribution in [3.05, 3.63) is 59.2 Å². The lowest BCUT2D eigenvalue weighted by atomic mass is 10.1. The largest absolute Gasteiger partial charge is 0.382 e. The molecule has 2 aromatic carbocycles. The van der Waals surface area contributed by atoms with E-state index in [9.17, 15) is 13.2 Å². The van der Waals surface area contributed by atoms with Crippen LogP contribution in [-0.2, 0) is 16.7 Å². The Morgan fingerprint density at radius 1 is 1.10 bits per heavy atom.